The second-order valence-corrected chi connectivity index (χ2v) is 13.7. The zero-order valence-corrected chi connectivity index (χ0v) is 25.2. The summed E-state index contributed by atoms with van der Waals surface area (Å²) in [5, 5.41) is 28.4. The van der Waals surface area contributed by atoms with Crippen LogP contribution in [0.25, 0.3) is 0 Å². The predicted octanol–water partition coefficient (Wildman–Crippen LogP) is 2.22. The number of nitrogens with one attached hydrogen (secondary N) is 1. The fourth-order valence-electron chi connectivity index (χ4n) is 11.6. The molecular formula is C32H44N2O8. The molecule has 1 aromatic rings. The smallest absolute Gasteiger partial charge is 0.340 e. The minimum absolute atomic E-state index is 0.0432. The standard InChI is InChI=1S/C32H44N2O8/c1-6-34-16-29(42-28(36)18-9-7-8-10-21(18)33-17(2)35)12-11-25(40-4)31-23(29)14-20(26(31)34)30(37)15-22(39-3)19-13-24(31)32(30,38)27(19)41-5/h7-10,19-20,22-27,37-38H,6,11-16H2,1-5H3,(H,33,35)/t19-,20+,22?,23?,24?,25?,26?,27+,29-,30+,31+,32?/m1/s1. The average molecular weight is 585 g/mol. The van der Waals surface area contributed by atoms with Crippen molar-refractivity contribution < 1.29 is 38.7 Å². The first-order valence-corrected chi connectivity index (χ1v) is 15.4. The Labute approximate surface area is 247 Å². The van der Waals surface area contributed by atoms with Gasteiger partial charge in [-0.2, -0.15) is 0 Å². The molecule has 3 N–H and O–H groups in total. The highest BCUT2D eigenvalue weighted by Gasteiger charge is 2.89. The SMILES string of the molecule is CCN1C[C@]2(OC(=O)c3ccccc3NC(C)=O)CCC(OC)[C@]34C1[C@H](CC23)[C@@]1(O)CC(OC)[C@H]2CC4C1(O)[C@H]2OC. The number of hydrogen-bond donors (Lipinski definition) is 3. The molecule has 1 aliphatic heterocycles. The number of ether oxygens (including phenoxy) is 4. The minimum atomic E-state index is -1.48. The van der Waals surface area contributed by atoms with Crippen molar-refractivity contribution in [1.29, 1.82) is 0 Å². The number of likely N-dealkylation sites (tertiary alicyclic amines) is 1. The van der Waals surface area contributed by atoms with Crippen LogP contribution in [0.3, 0.4) is 0 Å². The first-order valence-electron chi connectivity index (χ1n) is 15.4. The largest absolute Gasteiger partial charge is 0.454 e. The van der Waals surface area contributed by atoms with Crippen LogP contribution in [0, 0.1) is 29.1 Å². The number of piperidine rings is 1. The van der Waals surface area contributed by atoms with Gasteiger partial charge in [0.1, 0.15) is 16.8 Å². The van der Waals surface area contributed by atoms with Crippen molar-refractivity contribution in [3.05, 3.63) is 29.8 Å². The molecule has 42 heavy (non-hydrogen) atoms. The van der Waals surface area contributed by atoms with E-state index in [1.54, 1.807) is 45.6 Å². The molecule has 0 aromatic heterocycles. The Balaban J connectivity index is 1.38. The van der Waals surface area contributed by atoms with Crippen LogP contribution >= 0.6 is 0 Å². The number of hydrogen-bond acceptors (Lipinski definition) is 9. The number of fused-ring (bicyclic) bond motifs is 2. The van der Waals surface area contributed by atoms with Gasteiger partial charge in [0.05, 0.1) is 29.6 Å². The number of carbonyl (C=O) groups excluding carboxylic acids is 2. The van der Waals surface area contributed by atoms with E-state index in [0.29, 0.717) is 56.4 Å². The Morgan fingerprint density at radius 2 is 1.83 bits per heavy atom. The van der Waals surface area contributed by atoms with Crippen LogP contribution in [-0.4, -0.2) is 103 Å². The van der Waals surface area contributed by atoms with Crippen LogP contribution in [0.5, 0.6) is 0 Å². The van der Waals surface area contributed by atoms with Crippen molar-refractivity contribution in [1.82, 2.24) is 4.90 Å². The maximum absolute atomic E-state index is 14.0. The van der Waals surface area contributed by atoms with Crippen molar-refractivity contribution in [2.45, 2.75) is 87.1 Å². The van der Waals surface area contributed by atoms with Gasteiger partial charge in [-0.05, 0) is 44.4 Å². The lowest BCUT2D eigenvalue weighted by Gasteiger charge is -2.70. The second kappa shape index (κ2) is 9.46. The monoisotopic (exact) mass is 584 g/mol. The number of rotatable bonds is 7. The molecule has 6 aliphatic rings. The third kappa shape index (κ3) is 3.21. The molecule has 12 atom stereocenters. The molecule has 1 heterocycles. The van der Waals surface area contributed by atoms with Crippen molar-refractivity contribution >= 4 is 17.6 Å². The molecule has 6 unspecified atom stereocenters. The van der Waals surface area contributed by atoms with Gasteiger partial charge in [0, 0.05) is 76.3 Å². The summed E-state index contributed by atoms with van der Waals surface area (Å²) in [5.41, 5.74) is -3.57. The molecule has 1 amide bonds. The van der Waals surface area contributed by atoms with Crippen molar-refractivity contribution in [3.8, 4) is 0 Å². The van der Waals surface area contributed by atoms with E-state index in [0.717, 1.165) is 0 Å². The lowest BCUT2D eigenvalue weighted by molar-refractivity contribution is -0.337. The quantitative estimate of drug-likeness (QED) is 0.414. The van der Waals surface area contributed by atoms with Crippen LogP contribution in [0.1, 0.15) is 56.3 Å². The number of methoxy groups -OCH3 is 3. The van der Waals surface area contributed by atoms with E-state index >= 15 is 0 Å². The molecule has 6 fully saturated rings. The fraction of sp³-hybridized carbons (Fsp3) is 0.750. The van der Waals surface area contributed by atoms with Gasteiger partial charge in [-0.15, -0.1) is 0 Å². The number of para-hydroxylation sites is 1. The Morgan fingerprint density at radius 1 is 1.07 bits per heavy atom. The lowest BCUT2D eigenvalue weighted by Crippen LogP contribution is -2.83. The molecule has 10 nitrogen and oxygen atoms in total. The van der Waals surface area contributed by atoms with E-state index in [1.807, 2.05) is 0 Å². The number of benzene rings is 1. The summed E-state index contributed by atoms with van der Waals surface area (Å²) in [4.78, 5) is 28.3. The van der Waals surface area contributed by atoms with E-state index in [1.165, 1.54) is 6.92 Å². The molecule has 7 bridgehead atoms. The van der Waals surface area contributed by atoms with Gasteiger partial charge in [0.25, 0.3) is 0 Å². The average Bonchev–Trinajstić information content (AvgIpc) is 3.39. The van der Waals surface area contributed by atoms with Crippen molar-refractivity contribution in [3.63, 3.8) is 0 Å². The molecule has 0 radical (unpaired) electrons. The fourth-order valence-corrected chi connectivity index (χ4v) is 11.6. The third-order valence-electron chi connectivity index (χ3n) is 12.6. The molecule has 230 valence electrons. The molecule has 5 aliphatic carbocycles. The van der Waals surface area contributed by atoms with Crippen LogP contribution < -0.4 is 5.32 Å². The van der Waals surface area contributed by atoms with E-state index in [2.05, 4.69) is 17.1 Å². The molecule has 5 saturated carbocycles. The first-order chi connectivity index (χ1) is 20.1. The van der Waals surface area contributed by atoms with Gasteiger partial charge in [-0.3, -0.25) is 9.69 Å². The molecule has 10 heteroatoms. The zero-order valence-electron chi connectivity index (χ0n) is 25.2. The van der Waals surface area contributed by atoms with Gasteiger partial charge in [-0.25, -0.2) is 4.79 Å². The Kier molecular flexibility index (Phi) is 6.46. The van der Waals surface area contributed by atoms with Crippen LogP contribution in [-0.2, 0) is 23.7 Å². The predicted molar refractivity (Wildman–Crippen MR) is 152 cm³/mol. The normalized spacial score (nSPS) is 48.2. The number of amides is 1. The number of aliphatic hydroxyl groups is 2. The first kappa shape index (κ1) is 28.7. The van der Waals surface area contributed by atoms with Crippen LogP contribution in [0.4, 0.5) is 5.69 Å². The summed E-state index contributed by atoms with van der Waals surface area (Å²) in [6.07, 6.45) is 1.91. The number of anilines is 1. The van der Waals surface area contributed by atoms with E-state index in [4.69, 9.17) is 18.9 Å². The van der Waals surface area contributed by atoms with E-state index in [9.17, 15) is 19.8 Å². The molecule has 1 aromatic carbocycles. The van der Waals surface area contributed by atoms with Gasteiger partial charge < -0.3 is 34.5 Å². The topological polar surface area (TPSA) is 127 Å². The molecular weight excluding hydrogens is 540 g/mol. The molecule has 7 rings (SSSR count). The third-order valence-corrected chi connectivity index (χ3v) is 12.6. The Hall–Kier alpha value is -2.08. The maximum Gasteiger partial charge on any atom is 0.340 e. The van der Waals surface area contributed by atoms with Crippen LogP contribution in [0.15, 0.2) is 24.3 Å². The highest BCUT2D eigenvalue weighted by atomic mass is 16.6. The second-order valence-electron chi connectivity index (χ2n) is 13.7. The van der Waals surface area contributed by atoms with E-state index < -0.39 is 34.3 Å². The van der Waals surface area contributed by atoms with E-state index in [-0.39, 0.29) is 47.8 Å². The summed E-state index contributed by atoms with van der Waals surface area (Å²) in [5.74, 6) is -1.54. The summed E-state index contributed by atoms with van der Waals surface area (Å²) < 4.78 is 25.1. The number of likely N-dealkylation sites (N-methyl/N-ethyl adjacent to an activating group) is 1. The van der Waals surface area contributed by atoms with Crippen molar-refractivity contribution in [2.24, 2.45) is 29.1 Å². The Morgan fingerprint density at radius 3 is 2.50 bits per heavy atom. The molecule has 1 saturated heterocycles. The highest BCUT2D eigenvalue weighted by Crippen LogP contribution is 2.79. The zero-order chi connectivity index (χ0) is 29.8. The molecule has 1 spiro atoms. The van der Waals surface area contributed by atoms with Gasteiger partial charge >= 0.3 is 5.97 Å². The summed E-state index contributed by atoms with van der Waals surface area (Å²) >= 11 is 0. The summed E-state index contributed by atoms with van der Waals surface area (Å²) in [6.45, 7) is 4.79. The maximum atomic E-state index is 14.0. The number of carbonyl (C=O) groups is 2. The number of esters is 1. The van der Waals surface area contributed by atoms with Gasteiger partial charge in [0.2, 0.25) is 5.91 Å². The van der Waals surface area contributed by atoms with Gasteiger partial charge in [-0.1, -0.05) is 19.1 Å². The highest BCUT2D eigenvalue weighted by molar-refractivity contribution is 6.00. The minimum Gasteiger partial charge on any atom is -0.454 e. The Bertz CT molecular complexity index is 1290. The lowest BCUT2D eigenvalue weighted by atomic mass is 9.44. The summed E-state index contributed by atoms with van der Waals surface area (Å²) in [7, 11) is 5.05. The van der Waals surface area contributed by atoms with Gasteiger partial charge in [0.15, 0.2) is 0 Å². The van der Waals surface area contributed by atoms with Crippen molar-refractivity contribution in [2.75, 3.05) is 39.7 Å². The van der Waals surface area contributed by atoms with Crippen LogP contribution in [0.2, 0.25) is 0 Å². The summed E-state index contributed by atoms with van der Waals surface area (Å²) in [6, 6.07) is 6.89. The number of nitrogens with zero attached hydrogens (tertiary/aromatic N) is 1.